The Kier molecular flexibility index (Phi) is 4.39. The zero-order valence-electron chi connectivity index (χ0n) is 9.30. The Labute approximate surface area is 97.7 Å². The number of hydrogen-bond acceptors (Lipinski definition) is 4. The number of carbonyl (C=O) groups is 3. The van der Waals surface area contributed by atoms with E-state index in [2.05, 4.69) is 0 Å². The molecule has 5 nitrogen and oxygen atoms in total. The van der Waals surface area contributed by atoms with Gasteiger partial charge in [0.25, 0.3) is 0 Å². The van der Waals surface area contributed by atoms with E-state index in [-0.39, 0.29) is 30.2 Å². The van der Waals surface area contributed by atoms with Crippen LogP contribution in [0.25, 0.3) is 6.08 Å². The number of carbonyl (C=O) groups excluding carboxylic acids is 2. The summed E-state index contributed by atoms with van der Waals surface area (Å²) >= 11 is 0. The van der Waals surface area contributed by atoms with Gasteiger partial charge in [0.1, 0.15) is 5.76 Å². The molecule has 17 heavy (non-hydrogen) atoms. The minimum atomic E-state index is -1.03. The average Bonchev–Trinajstić information content (AvgIpc) is 2.71. The van der Waals surface area contributed by atoms with Crippen molar-refractivity contribution in [3.8, 4) is 0 Å². The van der Waals surface area contributed by atoms with E-state index >= 15 is 0 Å². The molecule has 5 heteroatoms. The fourth-order valence-electron chi connectivity index (χ4n) is 1.14. The van der Waals surface area contributed by atoms with Crippen LogP contribution in [0.4, 0.5) is 0 Å². The van der Waals surface area contributed by atoms with Crippen LogP contribution in [-0.2, 0) is 9.59 Å². The van der Waals surface area contributed by atoms with Crippen molar-refractivity contribution in [1.82, 2.24) is 0 Å². The van der Waals surface area contributed by atoms with Crippen molar-refractivity contribution >= 4 is 23.6 Å². The first-order valence-electron chi connectivity index (χ1n) is 5.02. The van der Waals surface area contributed by atoms with Gasteiger partial charge in [0.2, 0.25) is 0 Å². The van der Waals surface area contributed by atoms with Crippen molar-refractivity contribution in [3.63, 3.8) is 0 Å². The summed E-state index contributed by atoms with van der Waals surface area (Å²) in [5.74, 6) is -1.02. The number of carboxylic acid groups (broad SMARTS) is 1. The number of hydrogen-bond donors (Lipinski definition) is 1. The summed E-state index contributed by atoms with van der Waals surface area (Å²) in [6.07, 6.45) is 2.46. The van der Waals surface area contributed by atoms with Crippen LogP contribution < -0.4 is 0 Å². The Morgan fingerprint density at radius 2 is 2.00 bits per heavy atom. The van der Waals surface area contributed by atoms with Crippen molar-refractivity contribution in [1.29, 1.82) is 0 Å². The second-order valence-corrected chi connectivity index (χ2v) is 3.46. The summed E-state index contributed by atoms with van der Waals surface area (Å²) < 4.78 is 5.15. The third-order valence-corrected chi connectivity index (χ3v) is 1.95. The topological polar surface area (TPSA) is 84.6 Å². The first-order chi connectivity index (χ1) is 7.99. The minimum Gasteiger partial charge on any atom is -0.481 e. The van der Waals surface area contributed by atoms with E-state index in [0.717, 1.165) is 0 Å². The van der Waals surface area contributed by atoms with E-state index < -0.39 is 5.97 Å². The van der Waals surface area contributed by atoms with Gasteiger partial charge in [-0.25, -0.2) is 0 Å². The fraction of sp³-hybridized carbons (Fsp3) is 0.250. The quantitative estimate of drug-likeness (QED) is 0.602. The standard InChI is InChI=1S/C12H12O5/c1-8(13)2-3-9-4-6-11(17-9)10(14)5-7-12(15)16/h2-4,6H,5,7H2,1H3,(H,15,16)/b3-2+. The van der Waals surface area contributed by atoms with Gasteiger partial charge in [0.05, 0.1) is 6.42 Å². The molecule has 0 saturated carbocycles. The highest BCUT2D eigenvalue weighted by molar-refractivity contribution is 5.95. The number of aliphatic carboxylic acids is 1. The largest absolute Gasteiger partial charge is 0.481 e. The maximum atomic E-state index is 11.5. The second kappa shape index (κ2) is 5.79. The van der Waals surface area contributed by atoms with Gasteiger partial charge in [-0.2, -0.15) is 0 Å². The SMILES string of the molecule is CC(=O)/C=C/c1ccc(C(=O)CCC(=O)O)o1. The van der Waals surface area contributed by atoms with Gasteiger partial charge < -0.3 is 9.52 Å². The van der Waals surface area contributed by atoms with Gasteiger partial charge in [-0.05, 0) is 31.2 Å². The monoisotopic (exact) mass is 236 g/mol. The molecule has 0 aliphatic heterocycles. The number of rotatable bonds is 6. The number of carboxylic acids is 1. The molecular formula is C12H12O5. The normalized spacial score (nSPS) is 10.6. The number of furan rings is 1. The van der Waals surface area contributed by atoms with Crippen LogP contribution in [0.5, 0.6) is 0 Å². The molecule has 0 aromatic carbocycles. The highest BCUT2D eigenvalue weighted by Gasteiger charge is 2.12. The van der Waals surface area contributed by atoms with Crippen LogP contribution in [0.2, 0.25) is 0 Å². The van der Waals surface area contributed by atoms with Crippen molar-refractivity contribution < 1.29 is 23.9 Å². The second-order valence-electron chi connectivity index (χ2n) is 3.46. The van der Waals surface area contributed by atoms with Crippen LogP contribution in [0.15, 0.2) is 22.6 Å². The fourth-order valence-corrected chi connectivity index (χ4v) is 1.14. The lowest BCUT2D eigenvalue weighted by Crippen LogP contribution is -2.02. The molecule has 1 aromatic rings. The van der Waals surface area contributed by atoms with E-state index in [9.17, 15) is 14.4 Å². The predicted molar refractivity (Wildman–Crippen MR) is 59.6 cm³/mol. The van der Waals surface area contributed by atoms with Gasteiger partial charge in [-0.15, -0.1) is 0 Å². The molecule has 0 fully saturated rings. The molecule has 1 rings (SSSR count). The zero-order valence-corrected chi connectivity index (χ0v) is 9.30. The van der Waals surface area contributed by atoms with Gasteiger partial charge in [0, 0.05) is 6.42 Å². The Bertz CT molecular complexity index is 467. The van der Waals surface area contributed by atoms with Gasteiger partial charge in [0.15, 0.2) is 17.3 Å². The Morgan fingerprint density at radius 3 is 2.59 bits per heavy atom. The third-order valence-electron chi connectivity index (χ3n) is 1.95. The highest BCUT2D eigenvalue weighted by atomic mass is 16.4. The van der Waals surface area contributed by atoms with E-state index in [1.54, 1.807) is 6.07 Å². The Morgan fingerprint density at radius 1 is 1.29 bits per heavy atom. The van der Waals surface area contributed by atoms with Gasteiger partial charge in [-0.3, -0.25) is 14.4 Å². The maximum Gasteiger partial charge on any atom is 0.303 e. The molecule has 0 radical (unpaired) electrons. The number of Topliss-reactive ketones (excluding diaryl/α,β-unsaturated/α-hetero) is 1. The Hall–Kier alpha value is -2.17. The molecule has 0 spiro atoms. The molecule has 1 aromatic heterocycles. The lowest BCUT2D eigenvalue weighted by Gasteiger charge is -1.93. The first kappa shape index (κ1) is 12.9. The van der Waals surface area contributed by atoms with E-state index in [1.165, 1.54) is 25.1 Å². The summed E-state index contributed by atoms with van der Waals surface area (Å²) in [7, 11) is 0. The van der Waals surface area contributed by atoms with Crippen molar-refractivity contribution in [3.05, 3.63) is 29.7 Å². The number of allylic oxidation sites excluding steroid dienone is 1. The Balaban J connectivity index is 2.64. The lowest BCUT2D eigenvalue weighted by molar-refractivity contribution is -0.137. The molecule has 1 N–H and O–H groups in total. The molecular weight excluding hydrogens is 224 g/mol. The molecule has 0 aliphatic carbocycles. The predicted octanol–water partition coefficient (Wildman–Crippen LogP) is 1.93. The molecule has 1 heterocycles. The lowest BCUT2D eigenvalue weighted by atomic mass is 10.2. The van der Waals surface area contributed by atoms with Crippen molar-refractivity contribution in [2.45, 2.75) is 19.8 Å². The van der Waals surface area contributed by atoms with Crippen molar-refractivity contribution in [2.24, 2.45) is 0 Å². The van der Waals surface area contributed by atoms with Crippen LogP contribution in [-0.4, -0.2) is 22.6 Å². The number of ketones is 2. The van der Waals surface area contributed by atoms with Crippen LogP contribution in [0.3, 0.4) is 0 Å². The third kappa shape index (κ3) is 4.46. The molecule has 0 saturated heterocycles. The van der Waals surface area contributed by atoms with Crippen molar-refractivity contribution in [2.75, 3.05) is 0 Å². The minimum absolute atomic E-state index is 0.0985. The van der Waals surface area contributed by atoms with Crippen LogP contribution in [0, 0.1) is 0 Å². The summed E-state index contributed by atoms with van der Waals surface area (Å²) in [6, 6.07) is 3.01. The summed E-state index contributed by atoms with van der Waals surface area (Å²) in [4.78, 5) is 32.4. The maximum absolute atomic E-state index is 11.5. The average molecular weight is 236 g/mol. The van der Waals surface area contributed by atoms with Gasteiger partial charge in [-0.1, -0.05) is 0 Å². The molecule has 0 aliphatic rings. The molecule has 0 amide bonds. The first-order valence-corrected chi connectivity index (χ1v) is 5.02. The van der Waals surface area contributed by atoms with Crippen LogP contribution in [0.1, 0.15) is 36.1 Å². The molecule has 90 valence electrons. The van der Waals surface area contributed by atoms with Gasteiger partial charge >= 0.3 is 5.97 Å². The van der Waals surface area contributed by atoms with Crippen LogP contribution >= 0.6 is 0 Å². The highest BCUT2D eigenvalue weighted by Crippen LogP contribution is 2.12. The van der Waals surface area contributed by atoms with E-state index in [0.29, 0.717) is 5.76 Å². The summed E-state index contributed by atoms with van der Waals surface area (Å²) in [6.45, 7) is 1.40. The summed E-state index contributed by atoms with van der Waals surface area (Å²) in [5, 5.41) is 8.43. The summed E-state index contributed by atoms with van der Waals surface area (Å²) in [5.41, 5.74) is 0. The molecule has 0 unspecified atom stereocenters. The zero-order chi connectivity index (χ0) is 12.8. The molecule has 0 bridgehead atoms. The van der Waals surface area contributed by atoms with E-state index in [4.69, 9.17) is 9.52 Å². The molecule has 0 atom stereocenters. The smallest absolute Gasteiger partial charge is 0.303 e. The van der Waals surface area contributed by atoms with E-state index in [1.807, 2.05) is 0 Å².